The summed E-state index contributed by atoms with van der Waals surface area (Å²) in [7, 11) is 5.60. The quantitative estimate of drug-likeness (QED) is 0.802. The van der Waals surface area contributed by atoms with Crippen LogP contribution in [0.2, 0.25) is 0 Å². The zero-order valence-electron chi connectivity index (χ0n) is 11.2. The van der Waals surface area contributed by atoms with Gasteiger partial charge >= 0.3 is 0 Å². The Morgan fingerprint density at radius 1 is 1.24 bits per heavy atom. The van der Waals surface area contributed by atoms with Gasteiger partial charge in [-0.15, -0.1) is 0 Å². The molecule has 0 unspecified atom stereocenters. The first-order valence-corrected chi connectivity index (χ1v) is 6.15. The number of nitrogens with zero attached hydrogens (tertiary/aromatic N) is 1. The summed E-state index contributed by atoms with van der Waals surface area (Å²) in [4.78, 5) is 2.35. The normalized spacial score (nSPS) is 15.5. The lowest BCUT2D eigenvalue weighted by Crippen LogP contribution is -2.28. The molecule has 3 heteroatoms. The smallest absolute Gasteiger partial charge is 0.164 e. The SMILES string of the molecule is CCc1cc(OC)c(OC)c2c1CN(C)CC2. The first-order chi connectivity index (χ1) is 8.21. The molecule has 0 spiro atoms. The van der Waals surface area contributed by atoms with Crippen molar-refractivity contribution in [2.24, 2.45) is 0 Å². The lowest BCUT2D eigenvalue weighted by Gasteiger charge is -2.29. The van der Waals surface area contributed by atoms with E-state index in [-0.39, 0.29) is 0 Å². The summed E-state index contributed by atoms with van der Waals surface area (Å²) in [5.74, 6) is 1.79. The van der Waals surface area contributed by atoms with Crippen molar-refractivity contribution in [1.29, 1.82) is 0 Å². The second-order valence-electron chi connectivity index (χ2n) is 4.57. The van der Waals surface area contributed by atoms with Crippen LogP contribution in [-0.2, 0) is 19.4 Å². The van der Waals surface area contributed by atoms with Crippen molar-refractivity contribution in [3.63, 3.8) is 0 Å². The molecule has 1 aromatic carbocycles. The third-order valence-corrected chi connectivity index (χ3v) is 3.53. The standard InChI is InChI=1S/C14H21NO2/c1-5-10-8-13(16-3)14(17-4)11-6-7-15(2)9-12(10)11/h8H,5-7,9H2,1-4H3. The van der Waals surface area contributed by atoms with E-state index < -0.39 is 0 Å². The number of methoxy groups -OCH3 is 2. The summed E-state index contributed by atoms with van der Waals surface area (Å²) in [6, 6.07) is 2.12. The molecule has 0 radical (unpaired) electrons. The largest absolute Gasteiger partial charge is 0.493 e. The van der Waals surface area contributed by atoms with Gasteiger partial charge in [0.15, 0.2) is 11.5 Å². The number of hydrogen-bond acceptors (Lipinski definition) is 3. The highest BCUT2D eigenvalue weighted by Crippen LogP contribution is 2.38. The van der Waals surface area contributed by atoms with Crippen LogP contribution in [0, 0.1) is 0 Å². The Morgan fingerprint density at radius 2 is 2.00 bits per heavy atom. The first kappa shape index (κ1) is 12.2. The number of rotatable bonds is 3. The second-order valence-corrected chi connectivity index (χ2v) is 4.57. The molecular weight excluding hydrogens is 214 g/mol. The van der Waals surface area contributed by atoms with Gasteiger partial charge in [-0.1, -0.05) is 6.92 Å². The predicted octanol–water partition coefficient (Wildman–Crippen LogP) is 2.25. The van der Waals surface area contributed by atoms with Crippen molar-refractivity contribution in [3.05, 3.63) is 22.8 Å². The minimum absolute atomic E-state index is 0.868. The first-order valence-electron chi connectivity index (χ1n) is 6.15. The number of likely N-dealkylation sites (N-methyl/N-ethyl adjacent to an activating group) is 1. The van der Waals surface area contributed by atoms with E-state index in [1.54, 1.807) is 14.2 Å². The van der Waals surface area contributed by atoms with Crippen molar-refractivity contribution in [2.75, 3.05) is 27.8 Å². The van der Waals surface area contributed by atoms with Crippen LogP contribution >= 0.6 is 0 Å². The average molecular weight is 235 g/mol. The molecule has 0 saturated carbocycles. The van der Waals surface area contributed by atoms with Crippen LogP contribution in [0.5, 0.6) is 11.5 Å². The van der Waals surface area contributed by atoms with Gasteiger partial charge in [-0.05, 0) is 37.1 Å². The van der Waals surface area contributed by atoms with E-state index in [4.69, 9.17) is 9.47 Å². The van der Waals surface area contributed by atoms with Gasteiger partial charge in [0, 0.05) is 18.7 Å². The maximum atomic E-state index is 5.53. The molecule has 94 valence electrons. The van der Waals surface area contributed by atoms with Crippen molar-refractivity contribution >= 4 is 0 Å². The molecule has 1 aliphatic rings. The fraction of sp³-hybridized carbons (Fsp3) is 0.571. The Balaban J connectivity index is 2.58. The Morgan fingerprint density at radius 3 is 2.59 bits per heavy atom. The topological polar surface area (TPSA) is 21.7 Å². The lowest BCUT2D eigenvalue weighted by molar-refractivity contribution is 0.299. The zero-order chi connectivity index (χ0) is 12.4. The van der Waals surface area contributed by atoms with Crippen molar-refractivity contribution < 1.29 is 9.47 Å². The van der Waals surface area contributed by atoms with E-state index in [1.165, 1.54) is 16.7 Å². The third-order valence-electron chi connectivity index (χ3n) is 3.53. The van der Waals surface area contributed by atoms with Crippen molar-refractivity contribution in [2.45, 2.75) is 26.3 Å². The maximum absolute atomic E-state index is 5.53. The van der Waals surface area contributed by atoms with Crippen LogP contribution < -0.4 is 9.47 Å². The molecule has 1 heterocycles. The Hall–Kier alpha value is -1.22. The molecule has 2 rings (SSSR count). The monoisotopic (exact) mass is 235 g/mol. The lowest BCUT2D eigenvalue weighted by atomic mass is 9.92. The molecule has 0 fully saturated rings. The molecule has 0 atom stereocenters. The highest BCUT2D eigenvalue weighted by atomic mass is 16.5. The van der Waals surface area contributed by atoms with E-state index >= 15 is 0 Å². The van der Waals surface area contributed by atoms with E-state index in [0.717, 1.165) is 37.4 Å². The summed E-state index contributed by atoms with van der Waals surface area (Å²) in [5.41, 5.74) is 4.14. The summed E-state index contributed by atoms with van der Waals surface area (Å²) >= 11 is 0. The van der Waals surface area contributed by atoms with Crippen molar-refractivity contribution in [1.82, 2.24) is 4.90 Å². The van der Waals surface area contributed by atoms with Gasteiger partial charge < -0.3 is 14.4 Å². The highest BCUT2D eigenvalue weighted by molar-refractivity contribution is 5.55. The van der Waals surface area contributed by atoms with Crippen LogP contribution in [0.1, 0.15) is 23.6 Å². The van der Waals surface area contributed by atoms with Gasteiger partial charge in [0.2, 0.25) is 0 Å². The zero-order valence-corrected chi connectivity index (χ0v) is 11.2. The Kier molecular flexibility index (Phi) is 3.57. The molecule has 1 aliphatic heterocycles. The Bertz CT molecular complexity index is 415. The molecule has 0 amide bonds. The van der Waals surface area contributed by atoms with E-state index in [9.17, 15) is 0 Å². The summed E-state index contributed by atoms with van der Waals surface area (Å²) < 4.78 is 11.0. The molecule has 0 bridgehead atoms. The number of ether oxygens (including phenoxy) is 2. The molecule has 0 saturated heterocycles. The van der Waals surface area contributed by atoms with Crippen LogP contribution in [0.25, 0.3) is 0 Å². The number of hydrogen-bond donors (Lipinski definition) is 0. The van der Waals surface area contributed by atoms with Gasteiger partial charge in [0.1, 0.15) is 0 Å². The fourth-order valence-corrected chi connectivity index (χ4v) is 2.59. The minimum atomic E-state index is 0.868. The molecule has 1 aromatic rings. The predicted molar refractivity (Wildman–Crippen MR) is 69.0 cm³/mol. The third kappa shape index (κ3) is 2.12. The van der Waals surface area contributed by atoms with Gasteiger partial charge in [-0.25, -0.2) is 0 Å². The molecule has 0 aliphatic carbocycles. The highest BCUT2D eigenvalue weighted by Gasteiger charge is 2.23. The van der Waals surface area contributed by atoms with Crippen LogP contribution in [0.4, 0.5) is 0 Å². The maximum Gasteiger partial charge on any atom is 0.164 e. The summed E-state index contributed by atoms with van der Waals surface area (Å²) in [6.07, 6.45) is 2.08. The molecule has 0 aromatic heterocycles. The molecule has 17 heavy (non-hydrogen) atoms. The van der Waals surface area contributed by atoms with Crippen LogP contribution in [-0.4, -0.2) is 32.7 Å². The van der Waals surface area contributed by atoms with E-state index in [0.29, 0.717) is 0 Å². The van der Waals surface area contributed by atoms with E-state index in [2.05, 4.69) is 24.9 Å². The van der Waals surface area contributed by atoms with Gasteiger partial charge in [0.25, 0.3) is 0 Å². The van der Waals surface area contributed by atoms with Crippen molar-refractivity contribution in [3.8, 4) is 11.5 Å². The average Bonchev–Trinajstić information content (AvgIpc) is 2.36. The second kappa shape index (κ2) is 4.96. The number of fused-ring (bicyclic) bond motifs is 1. The van der Waals surface area contributed by atoms with Gasteiger partial charge in [-0.3, -0.25) is 0 Å². The van der Waals surface area contributed by atoms with Crippen LogP contribution in [0.3, 0.4) is 0 Å². The fourth-order valence-electron chi connectivity index (χ4n) is 2.59. The molecule has 3 nitrogen and oxygen atoms in total. The minimum Gasteiger partial charge on any atom is -0.493 e. The summed E-state index contributed by atoms with van der Waals surface area (Å²) in [6.45, 7) is 4.29. The van der Waals surface area contributed by atoms with Crippen LogP contribution in [0.15, 0.2) is 6.07 Å². The van der Waals surface area contributed by atoms with E-state index in [1.807, 2.05) is 0 Å². The van der Waals surface area contributed by atoms with Gasteiger partial charge in [0.05, 0.1) is 14.2 Å². The number of benzene rings is 1. The van der Waals surface area contributed by atoms with Gasteiger partial charge in [-0.2, -0.15) is 0 Å². The Labute approximate surface area is 103 Å². The molecule has 0 N–H and O–H groups in total. The summed E-state index contributed by atoms with van der Waals surface area (Å²) in [5, 5.41) is 0. The number of aryl methyl sites for hydroxylation is 1. The molecular formula is C14H21NO2.